The fourth-order valence-electron chi connectivity index (χ4n) is 2.58. The van der Waals surface area contributed by atoms with Gasteiger partial charge in [-0.05, 0) is 23.3 Å². The van der Waals surface area contributed by atoms with Gasteiger partial charge in [0.1, 0.15) is 6.10 Å². The lowest BCUT2D eigenvalue weighted by atomic mass is 9.95. The van der Waals surface area contributed by atoms with Gasteiger partial charge in [0.25, 0.3) is 0 Å². The summed E-state index contributed by atoms with van der Waals surface area (Å²) in [5.41, 5.74) is 4.38. The molecule has 0 spiro atoms. The molecule has 0 saturated carbocycles. The largest absolute Gasteiger partial charge is 0.384 e. The zero-order valence-electron chi connectivity index (χ0n) is 11.1. The van der Waals surface area contributed by atoms with Gasteiger partial charge in [-0.25, -0.2) is 0 Å². The van der Waals surface area contributed by atoms with Crippen molar-refractivity contribution in [1.29, 1.82) is 0 Å². The molecule has 1 unspecified atom stereocenters. The summed E-state index contributed by atoms with van der Waals surface area (Å²) < 4.78 is 0. The summed E-state index contributed by atoms with van der Waals surface area (Å²) in [6, 6.07) is 14.4. The van der Waals surface area contributed by atoms with Crippen LogP contribution in [-0.2, 0) is 5.75 Å². The fraction of sp³-hybridized carbons (Fsp3) is 0.250. The first-order valence-electron chi connectivity index (χ1n) is 6.37. The molecule has 3 rings (SSSR count). The van der Waals surface area contributed by atoms with Crippen LogP contribution in [0.5, 0.6) is 0 Å². The molecule has 2 nitrogen and oxygen atoms in total. The van der Waals surface area contributed by atoms with E-state index in [1.807, 2.05) is 32.3 Å². The number of nitrogens with zero attached hydrogens (tertiary/aromatic N) is 1. The van der Waals surface area contributed by atoms with Gasteiger partial charge >= 0.3 is 0 Å². The summed E-state index contributed by atoms with van der Waals surface area (Å²) in [6.07, 6.45) is -0.542. The molecule has 19 heavy (non-hydrogen) atoms. The van der Waals surface area contributed by atoms with Crippen LogP contribution in [0.25, 0.3) is 0 Å². The summed E-state index contributed by atoms with van der Waals surface area (Å²) in [6.45, 7) is 0. The number of rotatable bonds is 1. The monoisotopic (exact) mass is 271 g/mol. The first-order valence-corrected chi connectivity index (χ1v) is 7.36. The Kier molecular flexibility index (Phi) is 3.25. The minimum atomic E-state index is -0.542. The van der Waals surface area contributed by atoms with E-state index >= 15 is 0 Å². The maximum atomic E-state index is 10.8. The zero-order chi connectivity index (χ0) is 13.4. The molecule has 0 aromatic heterocycles. The van der Waals surface area contributed by atoms with Gasteiger partial charge in [-0.3, -0.25) is 0 Å². The van der Waals surface area contributed by atoms with Crippen molar-refractivity contribution in [2.75, 3.05) is 19.0 Å². The maximum absolute atomic E-state index is 10.8. The first-order chi connectivity index (χ1) is 9.18. The van der Waals surface area contributed by atoms with Gasteiger partial charge < -0.3 is 10.0 Å². The van der Waals surface area contributed by atoms with Crippen molar-refractivity contribution in [3.05, 3.63) is 59.2 Å². The zero-order valence-corrected chi connectivity index (χ0v) is 11.9. The number of fused-ring (bicyclic) bond motifs is 2. The molecular weight excluding hydrogens is 254 g/mol. The van der Waals surface area contributed by atoms with E-state index in [1.165, 1.54) is 10.5 Å². The predicted octanol–water partition coefficient (Wildman–Crippen LogP) is 3.44. The second-order valence-electron chi connectivity index (χ2n) is 4.97. The fourth-order valence-corrected chi connectivity index (χ4v) is 3.66. The van der Waals surface area contributed by atoms with E-state index < -0.39 is 6.10 Å². The highest BCUT2D eigenvalue weighted by Gasteiger charge is 2.24. The van der Waals surface area contributed by atoms with Gasteiger partial charge in [0, 0.05) is 36.0 Å². The van der Waals surface area contributed by atoms with Gasteiger partial charge in [-0.15, -0.1) is 11.8 Å². The minimum Gasteiger partial charge on any atom is -0.384 e. The molecule has 1 atom stereocenters. The number of hydrogen-bond donors (Lipinski definition) is 1. The van der Waals surface area contributed by atoms with Gasteiger partial charge in [-0.2, -0.15) is 0 Å². The second kappa shape index (κ2) is 4.91. The molecular formula is C16H17NOS. The molecule has 1 N–H and O–H groups in total. The van der Waals surface area contributed by atoms with Crippen molar-refractivity contribution in [3.63, 3.8) is 0 Å². The number of hydrogen-bond acceptors (Lipinski definition) is 3. The van der Waals surface area contributed by atoms with E-state index in [4.69, 9.17) is 0 Å². The van der Waals surface area contributed by atoms with Crippen molar-refractivity contribution in [1.82, 2.24) is 0 Å². The molecule has 0 saturated heterocycles. The van der Waals surface area contributed by atoms with Gasteiger partial charge in [0.15, 0.2) is 0 Å². The number of benzene rings is 2. The molecule has 1 heterocycles. The van der Waals surface area contributed by atoms with Crippen LogP contribution in [0.15, 0.2) is 47.4 Å². The number of anilines is 1. The second-order valence-corrected chi connectivity index (χ2v) is 5.99. The molecule has 0 aliphatic carbocycles. The van der Waals surface area contributed by atoms with E-state index in [1.54, 1.807) is 11.8 Å². The van der Waals surface area contributed by atoms with E-state index in [0.29, 0.717) is 0 Å². The normalized spacial score (nSPS) is 17.3. The van der Waals surface area contributed by atoms with E-state index in [0.717, 1.165) is 22.6 Å². The van der Waals surface area contributed by atoms with E-state index in [2.05, 4.69) is 29.2 Å². The molecule has 0 fully saturated rings. The summed E-state index contributed by atoms with van der Waals surface area (Å²) in [4.78, 5) is 3.25. The highest BCUT2D eigenvalue weighted by Crippen LogP contribution is 2.42. The van der Waals surface area contributed by atoms with Crippen LogP contribution in [0.4, 0.5) is 5.69 Å². The van der Waals surface area contributed by atoms with Crippen molar-refractivity contribution in [3.8, 4) is 0 Å². The van der Waals surface area contributed by atoms with Crippen molar-refractivity contribution >= 4 is 17.4 Å². The van der Waals surface area contributed by atoms with Crippen molar-refractivity contribution in [2.24, 2.45) is 0 Å². The lowest BCUT2D eigenvalue weighted by Crippen LogP contribution is -2.14. The van der Waals surface area contributed by atoms with E-state index in [-0.39, 0.29) is 0 Å². The lowest BCUT2D eigenvalue weighted by Gasteiger charge is -2.22. The molecule has 3 heteroatoms. The van der Waals surface area contributed by atoms with Crippen molar-refractivity contribution < 1.29 is 5.11 Å². The smallest absolute Gasteiger partial charge is 0.107 e. The van der Waals surface area contributed by atoms with Crippen LogP contribution in [0.3, 0.4) is 0 Å². The summed E-state index contributed by atoms with van der Waals surface area (Å²) >= 11 is 1.80. The topological polar surface area (TPSA) is 23.5 Å². The summed E-state index contributed by atoms with van der Waals surface area (Å²) in [7, 11) is 4.04. The standard InChI is InChI=1S/C16H17NOS/c1-17(2)13-8-5-6-11-10-19-14-9-4-3-7-12(14)16(18)15(11)13/h3-9,16,18H,10H2,1-2H3. The Morgan fingerprint density at radius 2 is 1.89 bits per heavy atom. The molecule has 1 aliphatic heterocycles. The first kappa shape index (κ1) is 12.6. The highest BCUT2D eigenvalue weighted by atomic mass is 32.2. The van der Waals surface area contributed by atoms with Gasteiger partial charge in [-0.1, -0.05) is 30.3 Å². The number of aliphatic hydroxyl groups excluding tert-OH is 1. The Morgan fingerprint density at radius 3 is 2.68 bits per heavy atom. The Hall–Kier alpha value is -1.45. The average Bonchev–Trinajstić information content (AvgIpc) is 2.57. The van der Waals surface area contributed by atoms with Crippen LogP contribution in [0.1, 0.15) is 22.8 Å². The Labute approximate surface area is 118 Å². The van der Waals surface area contributed by atoms with Crippen LogP contribution in [0, 0.1) is 0 Å². The molecule has 2 aromatic rings. The van der Waals surface area contributed by atoms with Crippen LogP contribution >= 0.6 is 11.8 Å². The SMILES string of the molecule is CN(C)c1cccc2c1C(O)c1ccccc1SC2. The lowest BCUT2D eigenvalue weighted by molar-refractivity contribution is 0.217. The average molecular weight is 271 g/mol. The molecule has 98 valence electrons. The molecule has 0 bridgehead atoms. The Bertz CT molecular complexity index is 609. The predicted molar refractivity (Wildman–Crippen MR) is 80.8 cm³/mol. The molecule has 0 amide bonds. The third kappa shape index (κ3) is 2.13. The number of aliphatic hydroxyl groups is 1. The third-order valence-corrected chi connectivity index (χ3v) is 4.66. The Morgan fingerprint density at radius 1 is 1.11 bits per heavy atom. The number of thioether (sulfide) groups is 1. The third-order valence-electron chi connectivity index (χ3n) is 3.53. The minimum absolute atomic E-state index is 0.542. The van der Waals surface area contributed by atoms with Gasteiger partial charge in [0.05, 0.1) is 0 Å². The van der Waals surface area contributed by atoms with Crippen molar-refractivity contribution in [2.45, 2.75) is 16.8 Å². The van der Waals surface area contributed by atoms with Crippen LogP contribution in [0.2, 0.25) is 0 Å². The van der Waals surface area contributed by atoms with Gasteiger partial charge in [0.2, 0.25) is 0 Å². The molecule has 0 radical (unpaired) electrons. The van der Waals surface area contributed by atoms with Crippen LogP contribution in [-0.4, -0.2) is 19.2 Å². The molecule has 2 aromatic carbocycles. The highest BCUT2D eigenvalue weighted by molar-refractivity contribution is 7.98. The maximum Gasteiger partial charge on any atom is 0.107 e. The Balaban J connectivity index is 2.21. The molecule has 1 aliphatic rings. The summed E-state index contributed by atoms with van der Waals surface area (Å²) in [5.74, 6) is 0.908. The summed E-state index contributed by atoms with van der Waals surface area (Å²) in [5, 5.41) is 10.8. The van der Waals surface area contributed by atoms with Crippen LogP contribution < -0.4 is 4.90 Å². The quantitative estimate of drug-likeness (QED) is 0.859. The van der Waals surface area contributed by atoms with E-state index in [9.17, 15) is 5.11 Å².